The van der Waals surface area contributed by atoms with Crippen molar-refractivity contribution in [2.45, 2.75) is 25.0 Å². The van der Waals surface area contributed by atoms with Crippen LogP contribution in [0.1, 0.15) is 13.3 Å². The Morgan fingerprint density at radius 1 is 1.23 bits per heavy atom. The van der Waals surface area contributed by atoms with Gasteiger partial charge in [-0.2, -0.15) is 0 Å². The van der Waals surface area contributed by atoms with Gasteiger partial charge in [-0.1, -0.05) is 35.5 Å². The number of benzene rings is 2. The second-order valence-electron chi connectivity index (χ2n) is 6.48. The van der Waals surface area contributed by atoms with Crippen molar-refractivity contribution in [1.29, 1.82) is 0 Å². The van der Waals surface area contributed by atoms with Gasteiger partial charge >= 0.3 is 5.69 Å². The minimum absolute atomic E-state index is 0.0844. The molecular formula is C21H22ClN3O5S. The van der Waals surface area contributed by atoms with Crippen molar-refractivity contribution in [2.24, 2.45) is 0 Å². The fourth-order valence-corrected chi connectivity index (χ4v) is 3.97. The number of hydrogen-bond donors (Lipinski definition) is 0. The Kier molecular flexibility index (Phi) is 8.27. The third-order valence-electron chi connectivity index (χ3n) is 4.39. The van der Waals surface area contributed by atoms with Gasteiger partial charge in [-0.25, -0.2) is 4.98 Å². The zero-order valence-electron chi connectivity index (χ0n) is 17.0. The lowest BCUT2D eigenvalue weighted by atomic mass is 10.2. The van der Waals surface area contributed by atoms with Crippen LogP contribution >= 0.6 is 23.4 Å². The van der Waals surface area contributed by atoms with E-state index in [1.165, 1.54) is 17.8 Å². The fourth-order valence-electron chi connectivity index (χ4n) is 2.96. The summed E-state index contributed by atoms with van der Waals surface area (Å²) in [5.41, 5.74) is 0.305. The van der Waals surface area contributed by atoms with Crippen LogP contribution < -0.4 is 10.3 Å². The number of nitrogens with zero attached hydrogens (tertiary/aromatic N) is 3. The van der Waals surface area contributed by atoms with Gasteiger partial charge in [0.1, 0.15) is 0 Å². The molecule has 0 saturated carbocycles. The number of thioether (sulfide) groups is 1. The molecule has 31 heavy (non-hydrogen) atoms. The van der Waals surface area contributed by atoms with Crippen LogP contribution in [0.2, 0.25) is 5.02 Å². The molecule has 1 aromatic heterocycles. The second kappa shape index (κ2) is 11.1. The Balaban J connectivity index is 1.76. The molecule has 0 radical (unpaired) electrons. The SMILES string of the molecule is CCOCCCn1c(SCCOc2ccccc2[N+](=O)[O-])nc2cc(Cl)ccc2c1=O. The quantitative estimate of drug-likeness (QED) is 0.135. The van der Waals surface area contributed by atoms with E-state index >= 15 is 0 Å². The number of aromatic nitrogens is 2. The van der Waals surface area contributed by atoms with Crippen molar-refractivity contribution in [3.63, 3.8) is 0 Å². The summed E-state index contributed by atoms with van der Waals surface area (Å²) in [7, 11) is 0. The number of hydrogen-bond acceptors (Lipinski definition) is 7. The highest BCUT2D eigenvalue weighted by atomic mass is 35.5. The number of ether oxygens (including phenoxy) is 2. The Morgan fingerprint density at radius 3 is 2.81 bits per heavy atom. The fraction of sp³-hybridized carbons (Fsp3) is 0.333. The molecule has 0 atom stereocenters. The summed E-state index contributed by atoms with van der Waals surface area (Å²) >= 11 is 7.42. The summed E-state index contributed by atoms with van der Waals surface area (Å²) in [6, 6.07) is 11.2. The molecule has 3 aromatic rings. The maximum absolute atomic E-state index is 13.0. The second-order valence-corrected chi connectivity index (χ2v) is 7.98. The highest BCUT2D eigenvalue weighted by molar-refractivity contribution is 7.99. The zero-order valence-corrected chi connectivity index (χ0v) is 18.5. The van der Waals surface area contributed by atoms with Gasteiger partial charge in [0.25, 0.3) is 5.56 Å². The summed E-state index contributed by atoms with van der Waals surface area (Å²) < 4.78 is 12.6. The van der Waals surface area contributed by atoms with Gasteiger partial charge in [-0.05, 0) is 37.6 Å². The van der Waals surface area contributed by atoms with Crippen molar-refractivity contribution in [3.05, 3.63) is 68.0 Å². The Morgan fingerprint density at radius 2 is 2.03 bits per heavy atom. The van der Waals surface area contributed by atoms with Gasteiger partial charge in [0.15, 0.2) is 10.9 Å². The van der Waals surface area contributed by atoms with Gasteiger partial charge in [0, 0.05) is 36.6 Å². The summed E-state index contributed by atoms with van der Waals surface area (Å²) in [6.45, 7) is 3.78. The minimum Gasteiger partial charge on any atom is -0.486 e. The third-order valence-corrected chi connectivity index (χ3v) is 5.57. The van der Waals surface area contributed by atoms with Crippen molar-refractivity contribution in [1.82, 2.24) is 9.55 Å². The molecule has 0 aliphatic rings. The van der Waals surface area contributed by atoms with E-state index in [1.54, 1.807) is 41.0 Å². The molecule has 0 aliphatic heterocycles. The van der Waals surface area contributed by atoms with Crippen LogP contribution in [0.4, 0.5) is 5.69 Å². The number of halogens is 1. The molecule has 0 amide bonds. The predicted molar refractivity (Wildman–Crippen MR) is 121 cm³/mol. The summed E-state index contributed by atoms with van der Waals surface area (Å²) in [6.07, 6.45) is 0.675. The normalized spacial score (nSPS) is 11.0. The molecule has 10 heteroatoms. The first-order valence-corrected chi connectivity index (χ1v) is 11.1. The van der Waals surface area contributed by atoms with Crippen molar-refractivity contribution < 1.29 is 14.4 Å². The Labute approximate surface area is 188 Å². The van der Waals surface area contributed by atoms with Crippen LogP contribution in [0.25, 0.3) is 10.9 Å². The molecule has 2 aromatic carbocycles. The van der Waals surface area contributed by atoms with E-state index < -0.39 is 4.92 Å². The number of nitro groups is 1. The van der Waals surface area contributed by atoms with E-state index in [-0.39, 0.29) is 23.6 Å². The lowest BCUT2D eigenvalue weighted by molar-refractivity contribution is -0.385. The van der Waals surface area contributed by atoms with Crippen molar-refractivity contribution >= 4 is 40.0 Å². The van der Waals surface area contributed by atoms with Crippen molar-refractivity contribution in [2.75, 3.05) is 25.6 Å². The van der Waals surface area contributed by atoms with E-state index in [0.717, 1.165) is 0 Å². The van der Waals surface area contributed by atoms with Crippen LogP contribution in [0, 0.1) is 10.1 Å². The monoisotopic (exact) mass is 463 g/mol. The first-order valence-electron chi connectivity index (χ1n) is 9.78. The largest absolute Gasteiger partial charge is 0.486 e. The highest BCUT2D eigenvalue weighted by Gasteiger charge is 2.15. The van der Waals surface area contributed by atoms with Crippen LogP contribution in [0.3, 0.4) is 0 Å². The van der Waals surface area contributed by atoms with Crippen LogP contribution in [-0.4, -0.2) is 40.0 Å². The number of para-hydroxylation sites is 2. The molecule has 0 bridgehead atoms. The molecule has 3 rings (SSSR count). The molecule has 164 valence electrons. The van der Waals surface area contributed by atoms with Gasteiger partial charge in [-0.3, -0.25) is 19.5 Å². The van der Waals surface area contributed by atoms with Gasteiger partial charge < -0.3 is 9.47 Å². The van der Waals surface area contributed by atoms with Crippen molar-refractivity contribution in [3.8, 4) is 5.75 Å². The molecule has 0 spiro atoms. The first-order chi connectivity index (χ1) is 15.0. The van der Waals surface area contributed by atoms with E-state index in [9.17, 15) is 14.9 Å². The maximum Gasteiger partial charge on any atom is 0.310 e. The van der Waals surface area contributed by atoms with Crippen LogP contribution in [-0.2, 0) is 11.3 Å². The first kappa shape index (κ1) is 23.1. The van der Waals surface area contributed by atoms with Gasteiger partial charge in [-0.15, -0.1) is 0 Å². The van der Waals surface area contributed by atoms with E-state index in [0.29, 0.717) is 53.0 Å². The van der Waals surface area contributed by atoms with Crippen LogP contribution in [0.5, 0.6) is 5.75 Å². The third kappa shape index (κ3) is 5.96. The van der Waals surface area contributed by atoms with Gasteiger partial charge in [0.05, 0.1) is 22.4 Å². The Hall–Kier alpha value is -2.62. The lowest BCUT2D eigenvalue weighted by Gasteiger charge is -2.13. The summed E-state index contributed by atoms with van der Waals surface area (Å²) in [5, 5.41) is 12.7. The summed E-state index contributed by atoms with van der Waals surface area (Å²) in [4.78, 5) is 28.3. The Bertz CT molecular complexity index is 1120. The number of fused-ring (bicyclic) bond motifs is 1. The molecule has 0 unspecified atom stereocenters. The number of rotatable bonds is 11. The predicted octanol–water partition coefficient (Wildman–Crippen LogP) is 4.56. The smallest absolute Gasteiger partial charge is 0.310 e. The van der Waals surface area contributed by atoms with E-state index in [4.69, 9.17) is 21.1 Å². The standard InChI is InChI=1S/C21H22ClN3O5S/c1-2-29-11-5-10-24-20(26)16-9-8-15(22)14-17(16)23-21(24)31-13-12-30-19-7-4-3-6-18(19)25(27)28/h3-4,6-9,14H,2,5,10-13H2,1H3. The minimum atomic E-state index is -0.479. The molecule has 0 fully saturated rings. The zero-order chi connectivity index (χ0) is 22.2. The maximum atomic E-state index is 13.0. The van der Waals surface area contributed by atoms with E-state index in [2.05, 4.69) is 4.98 Å². The average molecular weight is 464 g/mol. The molecule has 0 aliphatic carbocycles. The highest BCUT2D eigenvalue weighted by Crippen LogP contribution is 2.26. The number of nitro benzene ring substituents is 1. The molecule has 8 nitrogen and oxygen atoms in total. The molecular weight excluding hydrogens is 442 g/mol. The lowest BCUT2D eigenvalue weighted by Crippen LogP contribution is -2.24. The van der Waals surface area contributed by atoms with E-state index in [1.807, 2.05) is 6.92 Å². The van der Waals surface area contributed by atoms with Crippen LogP contribution in [0.15, 0.2) is 52.4 Å². The average Bonchev–Trinajstić information content (AvgIpc) is 2.75. The molecule has 0 N–H and O–H groups in total. The molecule has 1 heterocycles. The topological polar surface area (TPSA) is 96.5 Å². The molecule has 0 saturated heterocycles. The summed E-state index contributed by atoms with van der Waals surface area (Å²) in [5.74, 6) is 0.663. The van der Waals surface area contributed by atoms with Gasteiger partial charge in [0.2, 0.25) is 0 Å².